The highest BCUT2D eigenvalue weighted by molar-refractivity contribution is 7.16. The lowest BCUT2D eigenvalue weighted by molar-refractivity contribution is 0.642. The van der Waals surface area contributed by atoms with E-state index < -0.39 is 0 Å². The van der Waals surface area contributed by atoms with E-state index in [0.29, 0.717) is 0 Å². The van der Waals surface area contributed by atoms with E-state index in [1.54, 1.807) is 11.3 Å². The molecule has 2 aromatic heterocycles. The van der Waals surface area contributed by atoms with Gasteiger partial charge in [-0.2, -0.15) is 0 Å². The number of nitrogens with one attached hydrogen (secondary N) is 1. The minimum atomic E-state index is 0.135. The molecule has 0 spiro atoms. The molecule has 0 amide bonds. The van der Waals surface area contributed by atoms with E-state index in [1.807, 2.05) is 18.3 Å². The molecule has 0 bridgehead atoms. The third-order valence-electron chi connectivity index (χ3n) is 3.26. The number of nitrogens with zero attached hydrogens (tertiary/aromatic N) is 1. The Bertz CT molecular complexity index is 718. The summed E-state index contributed by atoms with van der Waals surface area (Å²) in [5.74, 6) is 0. The van der Waals surface area contributed by atoms with Crippen molar-refractivity contribution >= 4 is 33.8 Å². The molecule has 1 unspecified atom stereocenters. The Balaban J connectivity index is 2.14. The Labute approximate surface area is 127 Å². The highest BCUT2D eigenvalue weighted by atomic mass is 35.5. The molecule has 0 saturated heterocycles. The van der Waals surface area contributed by atoms with E-state index >= 15 is 0 Å². The van der Waals surface area contributed by atoms with Crippen molar-refractivity contribution < 1.29 is 0 Å². The lowest BCUT2D eigenvalue weighted by Crippen LogP contribution is -2.21. The van der Waals surface area contributed by atoms with Crippen molar-refractivity contribution in [2.24, 2.45) is 0 Å². The van der Waals surface area contributed by atoms with Crippen LogP contribution in [0.1, 0.15) is 23.4 Å². The average Bonchev–Trinajstić information content (AvgIpc) is 2.91. The molecule has 0 radical (unpaired) electrons. The highest BCUT2D eigenvalue weighted by Gasteiger charge is 2.18. The van der Waals surface area contributed by atoms with E-state index in [9.17, 15) is 0 Å². The van der Waals surface area contributed by atoms with Gasteiger partial charge in [-0.25, -0.2) is 0 Å². The van der Waals surface area contributed by atoms with Crippen LogP contribution >= 0.6 is 22.9 Å². The number of hydrogen-bond acceptors (Lipinski definition) is 3. The van der Waals surface area contributed by atoms with Crippen LogP contribution in [-0.4, -0.2) is 11.5 Å². The summed E-state index contributed by atoms with van der Waals surface area (Å²) in [5, 5.41) is 4.69. The second kappa shape index (κ2) is 5.92. The molecular formula is C16H15ClN2S. The highest BCUT2D eigenvalue weighted by Crippen LogP contribution is 2.33. The van der Waals surface area contributed by atoms with Crippen LogP contribution in [0.3, 0.4) is 0 Å². The van der Waals surface area contributed by atoms with Crippen molar-refractivity contribution in [1.82, 2.24) is 10.3 Å². The molecule has 3 aromatic rings. The number of rotatable bonds is 4. The maximum atomic E-state index is 6.09. The molecule has 0 aliphatic carbocycles. The van der Waals surface area contributed by atoms with E-state index in [-0.39, 0.29) is 6.04 Å². The summed E-state index contributed by atoms with van der Waals surface area (Å²) in [6.07, 6.45) is 1.84. The third-order valence-corrected chi connectivity index (χ3v) is 4.56. The Kier molecular flexibility index (Phi) is 4.01. The van der Waals surface area contributed by atoms with Crippen LogP contribution in [0, 0.1) is 0 Å². The fourth-order valence-electron chi connectivity index (χ4n) is 2.41. The van der Waals surface area contributed by atoms with Gasteiger partial charge in [0, 0.05) is 22.0 Å². The summed E-state index contributed by atoms with van der Waals surface area (Å²) in [5.41, 5.74) is 2.24. The molecule has 0 fully saturated rings. The van der Waals surface area contributed by atoms with Gasteiger partial charge in [-0.15, -0.1) is 11.3 Å². The summed E-state index contributed by atoms with van der Waals surface area (Å²) in [4.78, 5) is 5.77. The van der Waals surface area contributed by atoms with Gasteiger partial charge >= 0.3 is 0 Å². The second-order valence-corrected chi connectivity index (χ2v) is 6.30. The largest absolute Gasteiger partial charge is 0.306 e. The van der Waals surface area contributed by atoms with Crippen molar-refractivity contribution in [1.29, 1.82) is 0 Å². The molecule has 0 aliphatic heterocycles. The number of halogens is 1. The van der Waals surface area contributed by atoms with E-state index in [0.717, 1.165) is 21.8 Å². The number of para-hydroxylation sites is 1. The molecule has 1 N–H and O–H groups in total. The first-order valence-corrected chi connectivity index (χ1v) is 7.81. The number of aromatic nitrogens is 1. The van der Waals surface area contributed by atoms with Gasteiger partial charge in [-0.05, 0) is 24.7 Å². The summed E-state index contributed by atoms with van der Waals surface area (Å²) in [6, 6.07) is 14.5. The molecule has 4 heteroatoms. The number of pyridine rings is 1. The maximum absolute atomic E-state index is 6.09. The van der Waals surface area contributed by atoms with Crippen molar-refractivity contribution in [2.75, 3.05) is 6.54 Å². The lowest BCUT2D eigenvalue weighted by atomic mass is 10.0. The van der Waals surface area contributed by atoms with Crippen molar-refractivity contribution in [2.45, 2.75) is 13.0 Å². The van der Waals surface area contributed by atoms with Crippen LogP contribution in [0.2, 0.25) is 4.34 Å². The molecule has 1 aromatic carbocycles. The molecule has 0 saturated carbocycles. The first kappa shape index (κ1) is 13.6. The zero-order valence-corrected chi connectivity index (χ0v) is 12.7. The van der Waals surface area contributed by atoms with E-state index in [2.05, 4.69) is 47.6 Å². The van der Waals surface area contributed by atoms with Gasteiger partial charge in [-0.1, -0.05) is 42.8 Å². The van der Waals surface area contributed by atoms with Gasteiger partial charge in [0.15, 0.2) is 0 Å². The lowest BCUT2D eigenvalue weighted by Gasteiger charge is -2.18. The normalized spacial score (nSPS) is 12.7. The van der Waals surface area contributed by atoms with Crippen LogP contribution < -0.4 is 5.32 Å². The van der Waals surface area contributed by atoms with Gasteiger partial charge in [0.1, 0.15) is 0 Å². The van der Waals surface area contributed by atoms with Crippen LogP contribution in [0.4, 0.5) is 0 Å². The molecule has 0 aliphatic rings. The predicted octanol–water partition coefficient (Wildman–Crippen LogP) is 4.65. The summed E-state index contributed by atoms with van der Waals surface area (Å²) < 4.78 is 0.816. The Morgan fingerprint density at radius 3 is 2.80 bits per heavy atom. The van der Waals surface area contributed by atoms with Gasteiger partial charge in [0.05, 0.1) is 15.9 Å². The van der Waals surface area contributed by atoms with Crippen LogP contribution in [0.25, 0.3) is 10.9 Å². The van der Waals surface area contributed by atoms with E-state index in [4.69, 9.17) is 11.6 Å². The van der Waals surface area contributed by atoms with Gasteiger partial charge < -0.3 is 5.32 Å². The molecular weight excluding hydrogens is 288 g/mol. The average molecular weight is 303 g/mol. The van der Waals surface area contributed by atoms with Gasteiger partial charge in [0.2, 0.25) is 0 Å². The zero-order chi connectivity index (χ0) is 13.9. The van der Waals surface area contributed by atoms with Crippen molar-refractivity contribution in [3.05, 3.63) is 63.4 Å². The van der Waals surface area contributed by atoms with E-state index in [1.165, 1.54) is 10.4 Å². The van der Waals surface area contributed by atoms with Crippen molar-refractivity contribution in [3.63, 3.8) is 0 Å². The summed E-state index contributed by atoms with van der Waals surface area (Å²) in [6.45, 7) is 3.00. The number of benzene rings is 1. The number of hydrogen-bond donors (Lipinski definition) is 1. The number of fused-ring (bicyclic) bond motifs is 1. The molecule has 2 nitrogen and oxygen atoms in total. The minimum absolute atomic E-state index is 0.135. The minimum Gasteiger partial charge on any atom is -0.306 e. The molecule has 1 atom stereocenters. The predicted molar refractivity (Wildman–Crippen MR) is 86.6 cm³/mol. The standard InChI is InChI=1S/C16H15ClN2S/c1-2-18-16(13-8-9-14(17)20-13)12-7-3-5-11-6-4-10-19-15(11)12/h3-10,16,18H,2H2,1H3. The third kappa shape index (κ3) is 2.57. The molecule has 2 heterocycles. The zero-order valence-electron chi connectivity index (χ0n) is 11.1. The topological polar surface area (TPSA) is 24.9 Å². The second-order valence-electron chi connectivity index (χ2n) is 4.55. The summed E-state index contributed by atoms with van der Waals surface area (Å²) in [7, 11) is 0. The Morgan fingerprint density at radius 1 is 1.20 bits per heavy atom. The smallest absolute Gasteiger partial charge is 0.0931 e. The molecule has 102 valence electrons. The fourth-order valence-corrected chi connectivity index (χ4v) is 3.57. The first-order chi connectivity index (χ1) is 9.79. The Hall–Kier alpha value is -1.42. The SMILES string of the molecule is CCNC(c1ccc(Cl)s1)c1cccc2cccnc12. The monoisotopic (exact) mass is 302 g/mol. The maximum Gasteiger partial charge on any atom is 0.0931 e. The molecule has 20 heavy (non-hydrogen) atoms. The Morgan fingerprint density at radius 2 is 2.05 bits per heavy atom. The number of thiophene rings is 1. The van der Waals surface area contributed by atoms with Crippen molar-refractivity contribution in [3.8, 4) is 0 Å². The van der Waals surface area contributed by atoms with Gasteiger partial charge in [-0.3, -0.25) is 4.98 Å². The molecule has 3 rings (SSSR count). The quantitative estimate of drug-likeness (QED) is 0.759. The first-order valence-electron chi connectivity index (χ1n) is 6.62. The van der Waals surface area contributed by atoms with Crippen LogP contribution in [0.5, 0.6) is 0 Å². The van der Waals surface area contributed by atoms with Gasteiger partial charge in [0.25, 0.3) is 0 Å². The summed E-state index contributed by atoms with van der Waals surface area (Å²) >= 11 is 7.70. The fraction of sp³-hybridized carbons (Fsp3) is 0.188. The van der Waals surface area contributed by atoms with Crippen LogP contribution in [0.15, 0.2) is 48.7 Å². The van der Waals surface area contributed by atoms with Crippen LogP contribution in [-0.2, 0) is 0 Å².